The van der Waals surface area contributed by atoms with Crippen LogP contribution in [0.1, 0.15) is 45.4 Å². The molecule has 0 spiro atoms. The van der Waals surface area contributed by atoms with Gasteiger partial charge in [0.1, 0.15) is 16.3 Å². The van der Waals surface area contributed by atoms with E-state index in [-0.39, 0.29) is 34.0 Å². The fourth-order valence-electron chi connectivity index (χ4n) is 0.925. The molecule has 0 aromatic heterocycles. The maximum Gasteiger partial charge on any atom is 0.118 e. The Balaban J connectivity index is -0.000000320. The van der Waals surface area contributed by atoms with E-state index in [0.717, 1.165) is 0 Å². The molecule has 0 aliphatic carbocycles. The van der Waals surface area contributed by atoms with Crippen LogP contribution in [-0.2, 0) is 0 Å². The molecule has 0 aliphatic rings. The standard InChI is InChI=1S/C8H17.Al.2BrH/c1-3-5-7-8-6-4-2;;;/h1,3-8H2,2H3;;2*1H. The van der Waals surface area contributed by atoms with Crippen LogP contribution >= 0.6 is 34.0 Å². The fourth-order valence-corrected chi connectivity index (χ4v) is 1.21. The lowest BCUT2D eigenvalue weighted by Crippen LogP contribution is -1.77. The lowest BCUT2D eigenvalue weighted by molar-refractivity contribution is 0.624. The normalized spacial score (nSPS) is 8.09. The predicted octanol–water partition coefficient (Wildman–Crippen LogP) is 4.09. The van der Waals surface area contributed by atoms with Gasteiger partial charge in [0.05, 0.1) is 0 Å². The molecule has 0 aromatic rings. The van der Waals surface area contributed by atoms with E-state index < -0.39 is 0 Å². The maximum absolute atomic E-state index is 2.78. The molecule has 0 nitrogen and oxygen atoms in total. The third kappa shape index (κ3) is 18.4. The molecule has 0 heterocycles. The Hall–Kier alpha value is 1.49. The second kappa shape index (κ2) is 17.5. The van der Waals surface area contributed by atoms with Gasteiger partial charge < -0.3 is 0 Å². The summed E-state index contributed by atoms with van der Waals surface area (Å²) in [6.45, 7) is 2.26. The molecule has 0 atom stereocenters. The largest absolute Gasteiger partial charge is 0.118 e. The van der Waals surface area contributed by atoms with Crippen molar-refractivity contribution in [3.63, 3.8) is 0 Å². The summed E-state index contributed by atoms with van der Waals surface area (Å²) < 4.78 is 0. The molecule has 11 heavy (non-hydrogen) atoms. The van der Waals surface area contributed by atoms with Crippen LogP contribution in [0.25, 0.3) is 0 Å². The van der Waals surface area contributed by atoms with Crippen molar-refractivity contribution >= 4 is 50.3 Å². The molecule has 0 N–H and O–H groups in total. The van der Waals surface area contributed by atoms with E-state index in [9.17, 15) is 0 Å². The monoisotopic (exact) mass is 300 g/mol. The van der Waals surface area contributed by atoms with Crippen molar-refractivity contribution in [2.45, 2.75) is 50.7 Å². The summed E-state index contributed by atoms with van der Waals surface area (Å²) >= 11 is 2.78. The van der Waals surface area contributed by atoms with Crippen molar-refractivity contribution in [3.05, 3.63) is 0 Å². The Kier molecular flexibility index (Phi) is 29.2. The Labute approximate surface area is 100 Å². The van der Waals surface area contributed by atoms with Gasteiger partial charge in [-0.25, -0.2) is 0 Å². The second-order valence-corrected chi connectivity index (χ2v) is 3.13. The van der Waals surface area contributed by atoms with E-state index >= 15 is 0 Å². The number of halogens is 2. The highest BCUT2D eigenvalue weighted by Crippen LogP contribution is 2.05. The highest BCUT2D eigenvalue weighted by molar-refractivity contribution is 8.93. The maximum atomic E-state index is 2.78. The summed E-state index contributed by atoms with van der Waals surface area (Å²) in [6, 6.07) is 0. The van der Waals surface area contributed by atoms with Crippen molar-refractivity contribution in [3.8, 4) is 0 Å². The van der Waals surface area contributed by atoms with Gasteiger partial charge >= 0.3 is 0 Å². The Morgan fingerprint density at radius 1 is 0.818 bits per heavy atom. The van der Waals surface area contributed by atoms with Crippen molar-refractivity contribution in [1.29, 1.82) is 0 Å². The Morgan fingerprint density at radius 2 is 1.27 bits per heavy atom. The van der Waals surface area contributed by atoms with Crippen LogP contribution in [0.3, 0.4) is 0 Å². The predicted molar refractivity (Wildman–Crippen MR) is 64.6 cm³/mol. The number of unbranched alkanes of at least 4 members (excludes halogenated alkanes) is 5. The number of hydrogen-bond acceptors (Lipinski definition) is 0. The molecule has 0 bridgehead atoms. The van der Waals surface area contributed by atoms with Gasteiger partial charge in [0, 0.05) is 0 Å². The molecule has 2 radical (unpaired) electrons. The van der Waals surface area contributed by atoms with E-state index in [2.05, 4.69) is 23.2 Å². The molecule has 0 rings (SSSR count). The van der Waals surface area contributed by atoms with Crippen molar-refractivity contribution < 1.29 is 0 Å². The summed E-state index contributed by atoms with van der Waals surface area (Å²) in [6.07, 6.45) is 8.51. The van der Waals surface area contributed by atoms with Crippen LogP contribution in [0.15, 0.2) is 0 Å². The summed E-state index contributed by atoms with van der Waals surface area (Å²) in [4.78, 5) is 0. The molecule has 3 heteroatoms. The van der Waals surface area contributed by atoms with Crippen LogP contribution in [0, 0.1) is 0 Å². The van der Waals surface area contributed by atoms with Crippen molar-refractivity contribution in [2.75, 3.05) is 0 Å². The molecule has 0 saturated carbocycles. The lowest BCUT2D eigenvalue weighted by atomic mass is 10.1. The molecule has 68 valence electrons. The molecule has 0 aliphatic heterocycles. The second-order valence-electron chi connectivity index (χ2n) is 2.56. The first-order chi connectivity index (χ1) is 4.41. The Bertz CT molecular complexity index is 45.4. The molecule has 0 saturated heterocycles. The number of rotatable bonds is 6. The van der Waals surface area contributed by atoms with E-state index in [1.54, 1.807) is 0 Å². The van der Waals surface area contributed by atoms with Crippen LogP contribution in [0.2, 0.25) is 5.28 Å². The summed E-state index contributed by atoms with van der Waals surface area (Å²) in [5.41, 5.74) is 0. The summed E-state index contributed by atoms with van der Waals surface area (Å²) in [5.74, 6) is 0. The number of hydrogen-bond donors (Lipinski definition) is 0. The zero-order chi connectivity index (χ0) is 6.95. The Morgan fingerprint density at radius 3 is 1.73 bits per heavy atom. The third-order valence-corrected chi connectivity index (χ3v) is 1.97. The van der Waals surface area contributed by atoms with Gasteiger partial charge in [-0.3, -0.25) is 0 Å². The zero-order valence-electron chi connectivity index (χ0n) is 7.34. The average molecular weight is 302 g/mol. The van der Waals surface area contributed by atoms with Gasteiger partial charge in [-0.1, -0.05) is 45.4 Å². The van der Waals surface area contributed by atoms with Crippen LogP contribution in [-0.4, -0.2) is 16.3 Å². The van der Waals surface area contributed by atoms with Gasteiger partial charge in [0.2, 0.25) is 0 Å². The van der Waals surface area contributed by atoms with Gasteiger partial charge in [-0.05, 0) is 0 Å². The zero-order valence-corrected chi connectivity index (χ0v) is 11.9. The highest BCUT2D eigenvalue weighted by Gasteiger charge is 1.85. The minimum atomic E-state index is 0. The molecular weight excluding hydrogens is 283 g/mol. The summed E-state index contributed by atoms with van der Waals surface area (Å²) in [5, 5.41) is 1.28. The quantitative estimate of drug-likeness (QED) is 0.512. The highest BCUT2D eigenvalue weighted by atomic mass is 79.9. The molecule has 0 amide bonds. The molecule has 0 aromatic carbocycles. The topological polar surface area (TPSA) is 0 Å². The first-order valence-electron chi connectivity index (χ1n) is 4.12. The van der Waals surface area contributed by atoms with Crippen LogP contribution in [0.4, 0.5) is 0 Å². The van der Waals surface area contributed by atoms with Crippen molar-refractivity contribution in [2.24, 2.45) is 0 Å². The first kappa shape index (κ1) is 18.3. The smallest absolute Gasteiger partial charge is 0.118 e. The average Bonchev–Trinajstić information content (AvgIpc) is 1.89. The van der Waals surface area contributed by atoms with E-state index in [4.69, 9.17) is 0 Å². The third-order valence-electron chi connectivity index (χ3n) is 1.56. The summed E-state index contributed by atoms with van der Waals surface area (Å²) in [7, 11) is 0. The van der Waals surface area contributed by atoms with Crippen LogP contribution in [0.5, 0.6) is 0 Å². The molecule has 0 unspecified atom stereocenters. The molecular formula is C8H19AlBr2. The van der Waals surface area contributed by atoms with Gasteiger partial charge in [-0.2, -0.15) is 0 Å². The van der Waals surface area contributed by atoms with E-state index in [0.29, 0.717) is 0 Å². The molecule has 0 fully saturated rings. The van der Waals surface area contributed by atoms with Crippen molar-refractivity contribution in [1.82, 2.24) is 0 Å². The van der Waals surface area contributed by atoms with Gasteiger partial charge in [0.15, 0.2) is 0 Å². The SMILES string of the molecule is Br.Br.CCCCCCC[CH2][Al]. The lowest BCUT2D eigenvalue weighted by Gasteiger charge is -1.96. The fraction of sp³-hybridized carbons (Fsp3) is 1.00. The minimum absolute atomic E-state index is 0. The van der Waals surface area contributed by atoms with Crippen LogP contribution < -0.4 is 0 Å². The van der Waals surface area contributed by atoms with Gasteiger partial charge in [0.25, 0.3) is 0 Å². The minimum Gasteiger partial charge on any atom is -0.118 e. The first-order valence-corrected chi connectivity index (χ1v) is 4.93. The van der Waals surface area contributed by atoms with E-state index in [1.807, 2.05) is 0 Å². The van der Waals surface area contributed by atoms with E-state index in [1.165, 1.54) is 43.8 Å². The van der Waals surface area contributed by atoms with Gasteiger partial charge in [-0.15, -0.1) is 39.2 Å².